The van der Waals surface area contributed by atoms with E-state index >= 15 is 0 Å². The van der Waals surface area contributed by atoms with Gasteiger partial charge < -0.3 is 14.2 Å². The monoisotopic (exact) mass is 525 g/mol. The van der Waals surface area contributed by atoms with E-state index in [1.807, 2.05) is 45.9 Å². The maximum atomic E-state index is 12.3. The van der Waals surface area contributed by atoms with Crippen LogP contribution in [0.3, 0.4) is 0 Å². The normalized spacial score (nSPS) is 14.9. The molecule has 3 rings (SSSR count). The largest absolute Gasteiger partial charge is 0.490 e. The quantitative estimate of drug-likeness (QED) is 0.272. The van der Waals surface area contributed by atoms with E-state index < -0.39 is 5.97 Å². The maximum Gasteiger partial charge on any atom is 0.363 e. The number of carbonyl (C=O) groups is 1. The Morgan fingerprint density at radius 2 is 2.03 bits per heavy atom. The second kappa shape index (κ2) is 9.17. The summed E-state index contributed by atoms with van der Waals surface area (Å²) in [5, 5.41) is 0.403. The third kappa shape index (κ3) is 5.11. The number of cyclic esters (lactones) is 1. The lowest BCUT2D eigenvalue weighted by atomic mass is 10.1. The first kappa shape index (κ1) is 21.6. The SMILES string of the molecule is CCOc1cc(/C=C2\N=C(c3ccc(I)c(C)c3)OC2=O)cc(Cl)c1OC(C)C. The number of rotatable bonds is 6. The number of halogens is 2. The smallest absolute Gasteiger partial charge is 0.363 e. The number of esters is 1. The lowest BCUT2D eigenvalue weighted by Gasteiger charge is -2.16. The lowest BCUT2D eigenvalue weighted by molar-refractivity contribution is -0.129. The van der Waals surface area contributed by atoms with E-state index in [4.69, 9.17) is 25.8 Å². The average molecular weight is 526 g/mol. The summed E-state index contributed by atoms with van der Waals surface area (Å²) in [6.45, 7) is 8.17. The molecule has 2 aromatic rings. The van der Waals surface area contributed by atoms with E-state index in [0.717, 1.165) is 14.7 Å². The molecular formula is C22H21ClINO4. The van der Waals surface area contributed by atoms with E-state index in [2.05, 4.69) is 27.6 Å². The van der Waals surface area contributed by atoms with E-state index in [-0.39, 0.29) is 17.7 Å². The molecule has 1 aliphatic rings. The highest BCUT2D eigenvalue weighted by Crippen LogP contribution is 2.38. The summed E-state index contributed by atoms with van der Waals surface area (Å²) in [7, 11) is 0. The van der Waals surface area contributed by atoms with Crippen LogP contribution >= 0.6 is 34.2 Å². The molecule has 0 N–H and O–H groups in total. The molecule has 1 heterocycles. The minimum atomic E-state index is -0.507. The Labute approximate surface area is 188 Å². The van der Waals surface area contributed by atoms with E-state index in [1.165, 1.54) is 0 Å². The van der Waals surface area contributed by atoms with Crippen molar-refractivity contribution in [2.75, 3.05) is 6.61 Å². The number of ether oxygens (including phenoxy) is 3. The molecular weight excluding hydrogens is 505 g/mol. The highest BCUT2D eigenvalue weighted by molar-refractivity contribution is 14.1. The van der Waals surface area contributed by atoms with Gasteiger partial charge in [0.1, 0.15) is 0 Å². The molecule has 5 nitrogen and oxygen atoms in total. The van der Waals surface area contributed by atoms with Crippen LogP contribution in [0.2, 0.25) is 5.02 Å². The molecule has 7 heteroatoms. The van der Waals surface area contributed by atoms with Crippen LogP contribution in [0.1, 0.15) is 37.5 Å². The zero-order valence-corrected chi connectivity index (χ0v) is 19.5. The van der Waals surface area contributed by atoms with Crippen molar-refractivity contribution in [3.8, 4) is 11.5 Å². The van der Waals surface area contributed by atoms with Crippen molar-refractivity contribution in [2.45, 2.75) is 33.8 Å². The van der Waals surface area contributed by atoms with E-state index in [0.29, 0.717) is 28.7 Å². The molecule has 0 saturated carbocycles. The Hall–Kier alpha value is -2.06. The van der Waals surface area contributed by atoms with Crippen LogP contribution in [0, 0.1) is 10.5 Å². The summed E-state index contributed by atoms with van der Waals surface area (Å²) in [6, 6.07) is 9.27. The standard InChI is InChI=1S/C22H21ClINO4/c1-5-27-19-11-14(9-16(23)20(19)28-12(2)3)10-18-22(26)29-21(25-18)15-6-7-17(24)13(4)8-15/h6-12H,5H2,1-4H3/b18-10-. The number of aryl methyl sites for hydroxylation is 1. The molecule has 0 aromatic heterocycles. The van der Waals surface area contributed by atoms with Gasteiger partial charge in [-0.05, 0) is 97.8 Å². The topological polar surface area (TPSA) is 57.1 Å². The van der Waals surface area contributed by atoms with Gasteiger partial charge in [0.15, 0.2) is 17.2 Å². The number of carbonyl (C=O) groups excluding carboxylic acids is 1. The first-order valence-electron chi connectivity index (χ1n) is 9.20. The van der Waals surface area contributed by atoms with Crippen LogP contribution in [0.25, 0.3) is 6.08 Å². The van der Waals surface area contributed by atoms with Gasteiger partial charge >= 0.3 is 5.97 Å². The Morgan fingerprint density at radius 1 is 1.28 bits per heavy atom. The van der Waals surface area contributed by atoms with Crippen molar-refractivity contribution in [3.63, 3.8) is 0 Å². The fourth-order valence-electron chi connectivity index (χ4n) is 2.75. The molecule has 0 radical (unpaired) electrons. The van der Waals surface area contributed by atoms with Crippen LogP contribution < -0.4 is 9.47 Å². The van der Waals surface area contributed by atoms with Crippen molar-refractivity contribution >= 4 is 52.1 Å². The van der Waals surface area contributed by atoms with Gasteiger partial charge in [0.25, 0.3) is 0 Å². The number of benzene rings is 2. The van der Waals surface area contributed by atoms with E-state index in [9.17, 15) is 4.79 Å². The first-order valence-corrected chi connectivity index (χ1v) is 10.7. The zero-order valence-electron chi connectivity index (χ0n) is 16.6. The second-order valence-corrected chi connectivity index (χ2v) is 8.30. The lowest BCUT2D eigenvalue weighted by Crippen LogP contribution is -2.08. The Balaban J connectivity index is 1.97. The fraction of sp³-hybridized carbons (Fsp3) is 0.273. The first-order chi connectivity index (χ1) is 13.8. The molecule has 152 valence electrons. The Morgan fingerprint density at radius 3 is 2.69 bits per heavy atom. The summed E-state index contributed by atoms with van der Waals surface area (Å²) >= 11 is 8.66. The van der Waals surface area contributed by atoms with Crippen LogP contribution in [-0.2, 0) is 9.53 Å². The van der Waals surface area contributed by atoms with Crippen molar-refractivity contribution < 1.29 is 19.0 Å². The molecule has 2 aromatic carbocycles. The summed E-state index contributed by atoms with van der Waals surface area (Å²) in [5.41, 5.74) is 2.72. The third-order valence-corrected chi connectivity index (χ3v) is 5.51. The summed E-state index contributed by atoms with van der Waals surface area (Å²) in [6.07, 6.45) is 1.58. The summed E-state index contributed by atoms with van der Waals surface area (Å²) in [4.78, 5) is 16.7. The van der Waals surface area contributed by atoms with Crippen LogP contribution in [-0.4, -0.2) is 24.6 Å². The van der Waals surface area contributed by atoms with Gasteiger partial charge in [0.2, 0.25) is 5.90 Å². The summed E-state index contributed by atoms with van der Waals surface area (Å²) in [5.74, 6) is 0.784. The van der Waals surface area contributed by atoms with Crippen molar-refractivity contribution in [1.29, 1.82) is 0 Å². The van der Waals surface area contributed by atoms with Crippen LogP contribution in [0.4, 0.5) is 0 Å². The molecule has 0 bridgehead atoms. The zero-order chi connectivity index (χ0) is 21.1. The van der Waals surface area contributed by atoms with Gasteiger partial charge in [-0.15, -0.1) is 0 Å². The van der Waals surface area contributed by atoms with Gasteiger partial charge in [-0.3, -0.25) is 0 Å². The van der Waals surface area contributed by atoms with Crippen molar-refractivity contribution in [3.05, 3.63) is 61.3 Å². The molecule has 1 aliphatic heterocycles. The number of aliphatic imine (C=N–C) groups is 1. The number of hydrogen-bond donors (Lipinski definition) is 0. The van der Waals surface area contributed by atoms with Gasteiger partial charge in [-0.1, -0.05) is 11.6 Å². The number of nitrogens with zero attached hydrogens (tertiary/aromatic N) is 1. The molecule has 0 unspecified atom stereocenters. The van der Waals surface area contributed by atoms with Gasteiger partial charge in [0, 0.05) is 9.13 Å². The van der Waals surface area contributed by atoms with Gasteiger partial charge in [-0.2, -0.15) is 0 Å². The minimum absolute atomic E-state index is 0.0507. The highest BCUT2D eigenvalue weighted by Gasteiger charge is 2.25. The predicted molar refractivity (Wildman–Crippen MR) is 123 cm³/mol. The molecule has 0 saturated heterocycles. The molecule has 0 aliphatic carbocycles. The van der Waals surface area contributed by atoms with Crippen molar-refractivity contribution in [2.24, 2.45) is 4.99 Å². The average Bonchev–Trinajstić information content (AvgIpc) is 3.01. The predicted octanol–water partition coefficient (Wildman–Crippen LogP) is 5.78. The molecule has 0 atom stereocenters. The number of hydrogen-bond acceptors (Lipinski definition) is 5. The summed E-state index contributed by atoms with van der Waals surface area (Å²) < 4.78 is 17.9. The molecule has 0 fully saturated rings. The molecule has 0 spiro atoms. The maximum absolute atomic E-state index is 12.3. The van der Waals surface area contributed by atoms with Crippen LogP contribution in [0.5, 0.6) is 11.5 Å². The van der Waals surface area contributed by atoms with Gasteiger partial charge in [0.05, 0.1) is 17.7 Å². The molecule has 0 amide bonds. The Bertz CT molecular complexity index is 1010. The Kier molecular flexibility index (Phi) is 6.85. The molecule has 29 heavy (non-hydrogen) atoms. The second-order valence-electron chi connectivity index (χ2n) is 6.73. The third-order valence-electron chi connectivity index (χ3n) is 4.01. The fourth-order valence-corrected chi connectivity index (χ4v) is 3.35. The van der Waals surface area contributed by atoms with Crippen molar-refractivity contribution in [1.82, 2.24) is 0 Å². The highest BCUT2D eigenvalue weighted by atomic mass is 127. The van der Waals surface area contributed by atoms with E-state index in [1.54, 1.807) is 18.2 Å². The minimum Gasteiger partial charge on any atom is -0.490 e. The van der Waals surface area contributed by atoms with Gasteiger partial charge in [-0.25, -0.2) is 9.79 Å². The van der Waals surface area contributed by atoms with Crippen LogP contribution in [0.15, 0.2) is 41.0 Å².